The number of aromatic nitrogens is 2. The number of benzene rings is 1. The van der Waals surface area contributed by atoms with Crippen LogP contribution in [-0.2, 0) is 11.3 Å². The lowest BCUT2D eigenvalue weighted by atomic mass is 10.1. The monoisotopic (exact) mass is 397 g/mol. The van der Waals surface area contributed by atoms with Gasteiger partial charge in [-0.3, -0.25) is 4.79 Å². The number of hydrogen-bond donors (Lipinski definition) is 0. The van der Waals surface area contributed by atoms with Gasteiger partial charge in [0.1, 0.15) is 5.76 Å². The SMILES string of the molecule is Cc1occc1-c1nnc(SCC(=O)N(Cc2ccccc2)C(C)C2CC2)o1. The Kier molecular flexibility index (Phi) is 5.52. The first-order chi connectivity index (χ1) is 13.6. The summed E-state index contributed by atoms with van der Waals surface area (Å²) >= 11 is 1.28. The van der Waals surface area contributed by atoms with Crippen LogP contribution < -0.4 is 0 Å². The van der Waals surface area contributed by atoms with E-state index in [1.807, 2.05) is 30.0 Å². The van der Waals surface area contributed by atoms with Crippen LogP contribution in [0.2, 0.25) is 0 Å². The Morgan fingerprint density at radius 1 is 1.25 bits per heavy atom. The predicted octanol–water partition coefficient (Wildman–Crippen LogP) is 4.56. The number of hydrogen-bond acceptors (Lipinski definition) is 6. The van der Waals surface area contributed by atoms with Crippen LogP contribution in [0.4, 0.5) is 0 Å². The normalized spacial score (nSPS) is 14.8. The third-order valence-corrected chi connectivity index (χ3v) is 5.93. The van der Waals surface area contributed by atoms with Crippen LogP contribution in [0.5, 0.6) is 0 Å². The summed E-state index contributed by atoms with van der Waals surface area (Å²) in [6.07, 6.45) is 3.99. The summed E-state index contributed by atoms with van der Waals surface area (Å²) in [5.41, 5.74) is 1.92. The molecule has 7 heteroatoms. The summed E-state index contributed by atoms with van der Waals surface area (Å²) in [6.45, 7) is 4.62. The van der Waals surface area contributed by atoms with Crippen LogP contribution in [0.1, 0.15) is 31.1 Å². The van der Waals surface area contributed by atoms with Crippen LogP contribution in [-0.4, -0.2) is 32.8 Å². The molecule has 0 spiro atoms. The molecule has 1 fully saturated rings. The maximum absolute atomic E-state index is 13.0. The largest absolute Gasteiger partial charge is 0.469 e. The molecule has 0 N–H and O–H groups in total. The highest BCUT2D eigenvalue weighted by Crippen LogP contribution is 2.36. The summed E-state index contributed by atoms with van der Waals surface area (Å²) in [6, 6.07) is 12.2. The molecule has 2 aromatic heterocycles. The topological polar surface area (TPSA) is 72.4 Å². The lowest BCUT2D eigenvalue weighted by Gasteiger charge is -2.29. The zero-order valence-corrected chi connectivity index (χ0v) is 16.8. The van der Waals surface area contributed by atoms with Crippen molar-refractivity contribution in [3.8, 4) is 11.5 Å². The fourth-order valence-corrected chi connectivity index (χ4v) is 3.91. The Balaban J connectivity index is 1.41. The average Bonchev–Trinajstić information content (AvgIpc) is 3.31. The van der Waals surface area contributed by atoms with Gasteiger partial charge in [0, 0.05) is 12.6 Å². The van der Waals surface area contributed by atoms with E-state index in [4.69, 9.17) is 8.83 Å². The maximum atomic E-state index is 13.0. The van der Waals surface area contributed by atoms with Gasteiger partial charge >= 0.3 is 0 Å². The second-order valence-corrected chi connectivity index (χ2v) is 8.06. The number of aryl methyl sites for hydroxylation is 1. The van der Waals surface area contributed by atoms with Crippen molar-refractivity contribution in [2.75, 3.05) is 5.75 Å². The number of amides is 1. The summed E-state index contributed by atoms with van der Waals surface area (Å²) < 4.78 is 11.0. The van der Waals surface area contributed by atoms with Gasteiger partial charge in [0.25, 0.3) is 11.1 Å². The molecule has 0 saturated heterocycles. The van der Waals surface area contributed by atoms with E-state index in [-0.39, 0.29) is 17.7 Å². The average molecular weight is 398 g/mol. The molecule has 6 nitrogen and oxygen atoms in total. The smallest absolute Gasteiger partial charge is 0.277 e. The predicted molar refractivity (Wildman–Crippen MR) is 107 cm³/mol. The maximum Gasteiger partial charge on any atom is 0.277 e. The third kappa shape index (κ3) is 4.30. The van der Waals surface area contributed by atoms with Gasteiger partial charge < -0.3 is 13.7 Å². The van der Waals surface area contributed by atoms with E-state index in [1.165, 1.54) is 24.6 Å². The zero-order chi connectivity index (χ0) is 19.5. The van der Waals surface area contributed by atoms with Gasteiger partial charge in [0.05, 0.1) is 17.6 Å². The van der Waals surface area contributed by atoms with E-state index >= 15 is 0 Å². The molecule has 28 heavy (non-hydrogen) atoms. The molecule has 1 atom stereocenters. The number of carbonyl (C=O) groups is 1. The van der Waals surface area contributed by atoms with Crippen molar-refractivity contribution in [1.82, 2.24) is 15.1 Å². The fourth-order valence-electron chi connectivity index (χ4n) is 3.26. The number of nitrogens with zero attached hydrogens (tertiary/aromatic N) is 3. The highest BCUT2D eigenvalue weighted by Gasteiger charge is 2.34. The standard InChI is InChI=1S/C21H23N3O3S/c1-14(17-8-9-17)24(12-16-6-4-3-5-7-16)19(25)13-28-21-23-22-20(27-21)18-10-11-26-15(18)2/h3-7,10-11,14,17H,8-9,12-13H2,1-2H3. The Bertz CT molecular complexity index is 933. The molecule has 3 aromatic rings. The second-order valence-electron chi connectivity index (χ2n) is 7.14. The van der Waals surface area contributed by atoms with Gasteiger partial charge in [0.2, 0.25) is 5.91 Å². The van der Waals surface area contributed by atoms with E-state index in [2.05, 4.69) is 29.3 Å². The first-order valence-corrected chi connectivity index (χ1v) is 10.4. The number of thioether (sulfide) groups is 1. The zero-order valence-electron chi connectivity index (χ0n) is 16.0. The minimum absolute atomic E-state index is 0.0903. The van der Waals surface area contributed by atoms with Crippen LogP contribution >= 0.6 is 11.8 Å². The van der Waals surface area contributed by atoms with Gasteiger partial charge in [-0.2, -0.15) is 0 Å². The molecular formula is C21H23N3O3S. The van der Waals surface area contributed by atoms with E-state index in [9.17, 15) is 4.79 Å². The van der Waals surface area contributed by atoms with Crippen LogP contribution in [0.15, 0.2) is 56.7 Å². The highest BCUT2D eigenvalue weighted by atomic mass is 32.2. The summed E-state index contributed by atoms with van der Waals surface area (Å²) in [5, 5.41) is 8.51. The van der Waals surface area contributed by atoms with Gasteiger partial charge in [-0.05, 0) is 44.2 Å². The second kappa shape index (κ2) is 8.22. The highest BCUT2D eigenvalue weighted by molar-refractivity contribution is 7.99. The van der Waals surface area contributed by atoms with Gasteiger partial charge in [-0.25, -0.2) is 0 Å². The van der Waals surface area contributed by atoms with E-state index in [1.54, 1.807) is 12.3 Å². The van der Waals surface area contributed by atoms with Crippen LogP contribution in [0.3, 0.4) is 0 Å². The molecule has 0 radical (unpaired) electrons. The van der Waals surface area contributed by atoms with Gasteiger partial charge in [-0.15, -0.1) is 10.2 Å². The quantitative estimate of drug-likeness (QED) is 0.519. The van der Waals surface area contributed by atoms with E-state index < -0.39 is 0 Å². The molecule has 1 aliphatic rings. The molecule has 1 amide bonds. The molecule has 0 bridgehead atoms. The molecule has 1 aromatic carbocycles. The van der Waals surface area contributed by atoms with Crippen molar-refractivity contribution in [3.05, 3.63) is 54.0 Å². The van der Waals surface area contributed by atoms with Crippen LogP contribution in [0, 0.1) is 12.8 Å². The van der Waals surface area contributed by atoms with Crippen molar-refractivity contribution in [2.24, 2.45) is 5.92 Å². The first kappa shape index (κ1) is 18.8. The molecule has 146 valence electrons. The van der Waals surface area contributed by atoms with Crippen molar-refractivity contribution in [2.45, 2.75) is 44.5 Å². The Labute approximate surface area is 168 Å². The lowest BCUT2D eigenvalue weighted by Crippen LogP contribution is -2.40. The van der Waals surface area contributed by atoms with Crippen molar-refractivity contribution in [3.63, 3.8) is 0 Å². The molecule has 4 rings (SSSR count). The summed E-state index contributed by atoms with van der Waals surface area (Å²) in [4.78, 5) is 15.0. The van der Waals surface area contributed by atoms with Crippen molar-refractivity contribution in [1.29, 1.82) is 0 Å². The number of rotatable bonds is 8. The summed E-state index contributed by atoms with van der Waals surface area (Å²) in [7, 11) is 0. The third-order valence-electron chi connectivity index (χ3n) is 5.13. The molecule has 2 heterocycles. The minimum atomic E-state index is 0.0903. The Morgan fingerprint density at radius 2 is 2.04 bits per heavy atom. The molecule has 1 aliphatic carbocycles. The van der Waals surface area contributed by atoms with E-state index in [0.29, 0.717) is 23.6 Å². The number of furan rings is 1. The first-order valence-electron chi connectivity index (χ1n) is 9.46. The minimum Gasteiger partial charge on any atom is -0.469 e. The van der Waals surface area contributed by atoms with Crippen LogP contribution in [0.25, 0.3) is 11.5 Å². The molecule has 1 saturated carbocycles. The lowest BCUT2D eigenvalue weighted by molar-refractivity contribution is -0.131. The van der Waals surface area contributed by atoms with Gasteiger partial charge in [0.15, 0.2) is 0 Å². The molecule has 0 aliphatic heterocycles. The van der Waals surface area contributed by atoms with E-state index in [0.717, 1.165) is 16.9 Å². The van der Waals surface area contributed by atoms with Crippen molar-refractivity contribution >= 4 is 17.7 Å². The summed E-state index contributed by atoms with van der Waals surface area (Å²) in [5.74, 6) is 2.11. The molecule has 1 unspecified atom stereocenters. The number of carbonyl (C=O) groups excluding carboxylic acids is 1. The Morgan fingerprint density at radius 3 is 2.71 bits per heavy atom. The Hall–Kier alpha value is -2.54. The molecular weight excluding hydrogens is 374 g/mol. The van der Waals surface area contributed by atoms with Gasteiger partial charge in [-0.1, -0.05) is 42.1 Å². The van der Waals surface area contributed by atoms with Crippen molar-refractivity contribution < 1.29 is 13.6 Å². The fraction of sp³-hybridized carbons (Fsp3) is 0.381.